The van der Waals surface area contributed by atoms with Crippen LogP contribution in [-0.2, 0) is 30.4 Å². The van der Waals surface area contributed by atoms with E-state index in [4.69, 9.17) is 19.5 Å². The van der Waals surface area contributed by atoms with Crippen molar-refractivity contribution in [3.05, 3.63) is 30.1 Å². The van der Waals surface area contributed by atoms with Gasteiger partial charge < -0.3 is 24.5 Å². The quantitative estimate of drug-likeness (QED) is 0.693. The first-order valence-corrected chi connectivity index (χ1v) is 9.75. The minimum Gasteiger partial charge on any atom is -0.475 e. The molecule has 0 aromatic carbocycles. The number of pyridine rings is 1. The predicted octanol–water partition coefficient (Wildman–Crippen LogP) is 0.329. The van der Waals surface area contributed by atoms with Gasteiger partial charge in [0.2, 0.25) is 5.91 Å². The highest BCUT2D eigenvalue weighted by atomic mass is 19.4. The van der Waals surface area contributed by atoms with Crippen LogP contribution in [0.3, 0.4) is 0 Å². The molecule has 2 amide bonds. The standard InChI is InChI=1S/C17H20N4O4.C2HF3O2/c22-15(9-12-3-1-2-4-18-12)21-10-13-14(11-21)25-19-16(13)17(23)20-5-7-24-8-6-20;3-2(4,5)1(6)7/h1-4,13-14H,5-11H2;(H,6,7)/t13-,14+;/m0./s1. The Morgan fingerprint density at radius 3 is 2.41 bits per heavy atom. The van der Waals surface area contributed by atoms with Gasteiger partial charge in [0.05, 0.1) is 32.1 Å². The molecule has 0 saturated carbocycles. The Balaban J connectivity index is 0.000000360. The lowest BCUT2D eigenvalue weighted by atomic mass is 10.00. The maximum Gasteiger partial charge on any atom is 0.490 e. The molecule has 2 atom stereocenters. The van der Waals surface area contributed by atoms with Gasteiger partial charge in [0.25, 0.3) is 5.91 Å². The number of rotatable bonds is 3. The van der Waals surface area contributed by atoms with E-state index in [9.17, 15) is 22.8 Å². The number of halogens is 3. The molecule has 3 aliphatic heterocycles. The summed E-state index contributed by atoms with van der Waals surface area (Å²) in [6, 6.07) is 5.52. The molecule has 0 aliphatic carbocycles. The van der Waals surface area contributed by atoms with Gasteiger partial charge in [0.1, 0.15) is 0 Å². The smallest absolute Gasteiger partial charge is 0.475 e. The minimum absolute atomic E-state index is 0.00475. The van der Waals surface area contributed by atoms with Crippen LogP contribution in [0.2, 0.25) is 0 Å². The number of carbonyl (C=O) groups excluding carboxylic acids is 2. The van der Waals surface area contributed by atoms with Crippen molar-refractivity contribution in [2.24, 2.45) is 11.1 Å². The molecular formula is C19H21F3N4O6. The van der Waals surface area contributed by atoms with E-state index < -0.39 is 12.1 Å². The van der Waals surface area contributed by atoms with Gasteiger partial charge in [-0.05, 0) is 12.1 Å². The van der Waals surface area contributed by atoms with Crippen molar-refractivity contribution in [1.29, 1.82) is 0 Å². The number of morpholine rings is 1. The molecule has 0 radical (unpaired) electrons. The summed E-state index contributed by atoms with van der Waals surface area (Å²) in [7, 11) is 0. The van der Waals surface area contributed by atoms with Crippen LogP contribution in [0.15, 0.2) is 29.6 Å². The van der Waals surface area contributed by atoms with Crippen molar-refractivity contribution in [3.63, 3.8) is 0 Å². The van der Waals surface area contributed by atoms with Crippen LogP contribution in [0.4, 0.5) is 13.2 Å². The number of carboxylic acid groups (broad SMARTS) is 1. The first kappa shape index (κ1) is 23.4. The van der Waals surface area contributed by atoms with Crippen molar-refractivity contribution >= 4 is 23.5 Å². The molecule has 1 aromatic rings. The molecule has 0 spiro atoms. The summed E-state index contributed by atoms with van der Waals surface area (Å²) in [5.41, 5.74) is 1.17. The fourth-order valence-corrected chi connectivity index (χ4v) is 3.43. The highest BCUT2D eigenvalue weighted by Crippen LogP contribution is 2.28. The monoisotopic (exact) mass is 458 g/mol. The third-order valence-electron chi connectivity index (χ3n) is 5.07. The Morgan fingerprint density at radius 1 is 1.12 bits per heavy atom. The number of oxime groups is 1. The highest BCUT2D eigenvalue weighted by molar-refractivity contribution is 6.40. The summed E-state index contributed by atoms with van der Waals surface area (Å²) in [5.74, 6) is -3.01. The number of alkyl halides is 3. The maximum atomic E-state index is 12.7. The number of carbonyl (C=O) groups is 3. The summed E-state index contributed by atoms with van der Waals surface area (Å²) in [5, 5.41) is 11.1. The Bertz CT molecular complexity index is 874. The van der Waals surface area contributed by atoms with Crippen molar-refractivity contribution in [3.8, 4) is 0 Å². The number of aliphatic carboxylic acids is 1. The van der Waals surface area contributed by atoms with Gasteiger partial charge >= 0.3 is 12.1 Å². The lowest BCUT2D eigenvalue weighted by Crippen LogP contribution is -2.46. The SMILES string of the molecule is O=C(Cc1ccccn1)N1C[C@@H]2C(C(=O)N3CCOCC3)=NO[C@@H]2C1.O=C(O)C(F)(F)F. The number of carboxylic acids is 1. The van der Waals surface area contributed by atoms with E-state index in [2.05, 4.69) is 10.1 Å². The molecule has 0 bridgehead atoms. The summed E-state index contributed by atoms with van der Waals surface area (Å²) in [6.45, 7) is 3.14. The first-order valence-electron chi connectivity index (χ1n) is 9.75. The lowest BCUT2D eigenvalue weighted by molar-refractivity contribution is -0.192. The van der Waals surface area contributed by atoms with Crippen LogP contribution >= 0.6 is 0 Å². The zero-order chi connectivity index (χ0) is 23.3. The summed E-state index contributed by atoms with van der Waals surface area (Å²) < 4.78 is 37.0. The molecule has 2 fully saturated rings. The number of aromatic nitrogens is 1. The van der Waals surface area contributed by atoms with Crippen LogP contribution in [0.1, 0.15) is 5.69 Å². The number of nitrogens with zero attached hydrogens (tertiary/aromatic N) is 4. The van der Waals surface area contributed by atoms with Gasteiger partial charge in [-0.15, -0.1) is 0 Å². The van der Waals surface area contributed by atoms with Crippen molar-refractivity contribution < 1.29 is 42.2 Å². The van der Waals surface area contributed by atoms with E-state index in [1.807, 2.05) is 18.2 Å². The summed E-state index contributed by atoms with van der Waals surface area (Å²) >= 11 is 0. The molecule has 3 aliphatic rings. The molecule has 1 aromatic heterocycles. The molecular weight excluding hydrogens is 437 g/mol. The zero-order valence-electron chi connectivity index (χ0n) is 16.8. The van der Waals surface area contributed by atoms with Crippen molar-refractivity contribution in [2.75, 3.05) is 39.4 Å². The van der Waals surface area contributed by atoms with E-state index in [1.54, 1.807) is 16.0 Å². The van der Waals surface area contributed by atoms with Crippen LogP contribution < -0.4 is 0 Å². The Hall–Kier alpha value is -3.22. The van der Waals surface area contributed by atoms with Crippen molar-refractivity contribution in [2.45, 2.75) is 18.7 Å². The Morgan fingerprint density at radius 2 is 1.81 bits per heavy atom. The normalized spacial score (nSPS) is 22.3. The predicted molar refractivity (Wildman–Crippen MR) is 101 cm³/mol. The van der Waals surface area contributed by atoms with Gasteiger partial charge in [0, 0.05) is 31.5 Å². The van der Waals surface area contributed by atoms with E-state index in [0.29, 0.717) is 45.1 Å². The fraction of sp³-hybridized carbons (Fsp3) is 0.526. The summed E-state index contributed by atoms with van der Waals surface area (Å²) in [4.78, 5) is 47.2. The lowest BCUT2D eigenvalue weighted by Gasteiger charge is -2.27. The zero-order valence-corrected chi connectivity index (χ0v) is 16.8. The number of ether oxygens (including phenoxy) is 1. The average Bonchev–Trinajstić information content (AvgIpc) is 3.35. The molecule has 13 heteroatoms. The van der Waals surface area contributed by atoms with Crippen LogP contribution in [0.5, 0.6) is 0 Å². The van der Waals surface area contributed by atoms with Gasteiger partial charge in [0.15, 0.2) is 11.8 Å². The van der Waals surface area contributed by atoms with E-state index in [0.717, 1.165) is 5.69 Å². The van der Waals surface area contributed by atoms with E-state index in [-0.39, 0.29) is 30.3 Å². The number of amides is 2. The topological polar surface area (TPSA) is 122 Å². The van der Waals surface area contributed by atoms with Gasteiger partial charge in [-0.25, -0.2) is 4.79 Å². The molecule has 4 heterocycles. The number of fused-ring (bicyclic) bond motifs is 1. The fourth-order valence-electron chi connectivity index (χ4n) is 3.43. The Kier molecular flexibility index (Phi) is 7.28. The number of hydrogen-bond donors (Lipinski definition) is 1. The van der Waals surface area contributed by atoms with Crippen LogP contribution in [-0.4, -0.2) is 95.1 Å². The second-order valence-corrected chi connectivity index (χ2v) is 7.23. The number of hydrogen-bond acceptors (Lipinski definition) is 7. The van der Waals surface area contributed by atoms with E-state index in [1.165, 1.54) is 0 Å². The molecule has 0 unspecified atom stereocenters. The summed E-state index contributed by atoms with van der Waals surface area (Å²) in [6.07, 6.45) is -3.38. The van der Waals surface area contributed by atoms with Gasteiger partial charge in [-0.1, -0.05) is 11.2 Å². The van der Waals surface area contributed by atoms with Crippen LogP contribution in [0.25, 0.3) is 0 Å². The average molecular weight is 458 g/mol. The highest BCUT2D eigenvalue weighted by Gasteiger charge is 2.47. The third kappa shape index (κ3) is 5.72. The third-order valence-corrected chi connectivity index (χ3v) is 5.07. The number of likely N-dealkylation sites (tertiary alicyclic amines) is 1. The second-order valence-electron chi connectivity index (χ2n) is 7.23. The Labute approximate surface area is 180 Å². The molecule has 10 nitrogen and oxygen atoms in total. The van der Waals surface area contributed by atoms with Crippen molar-refractivity contribution in [1.82, 2.24) is 14.8 Å². The molecule has 2 saturated heterocycles. The van der Waals surface area contributed by atoms with Gasteiger partial charge in [-0.2, -0.15) is 13.2 Å². The first-order chi connectivity index (χ1) is 15.2. The molecule has 174 valence electrons. The molecule has 4 rings (SSSR count). The molecule has 1 N–H and O–H groups in total. The molecule has 32 heavy (non-hydrogen) atoms. The minimum atomic E-state index is -5.08. The van der Waals surface area contributed by atoms with E-state index >= 15 is 0 Å². The second kappa shape index (κ2) is 9.94. The largest absolute Gasteiger partial charge is 0.490 e. The van der Waals surface area contributed by atoms with Crippen LogP contribution in [0, 0.1) is 5.92 Å². The maximum absolute atomic E-state index is 12.7. The van der Waals surface area contributed by atoms with Gasteiger partial charge in [-0.3, -0.25) is 14.6 Å².